The lowest BCUT2D eigenvalue weighted by Gasteiger charge is -2.23. The van der Waals surface area contributed by atoms with Crippen LogP contribution in [-0.4, -0.2) is 49.7 Å². The van der Waals surface area contributed by atoms with Gasteiger partial charge in [0.2, 0.25) is 5.88 Å². The van der Waals surface area contributed by atoms with E-state index in [1.807, 2.05) is 6.92 Å². The molecule has 1 atom stereocenters. The van der Waals surface area contributed by atoms with Crippen LogP contribution >= 0.6 is 0 Å². The van der Waals surface area contributed by atoms with E-state index in [2.05, 4.69) is 9.97 Å². The summed E-state index contributed by atoms with van der Waals surface area (Å²) >= 11 is 0. The molecule has 0 saturated carbocycles. The topological polar surface area (TPSA) is 82.7 Å². The molecular weight excluding hydrogens is 348 g/mol. The number of ether oxygens (including phenoxy) is 4. The minimum atomic E-state index is -0.738. The predicted octanol–water partition coefficient (Wildman–Crippen LogP) is 3.74. The van der Waals surface area contributed by atoms with Gasteiger partial charge in [0.15, 0.2) is 0 Å². The number of H-pyrrole nitrogens is 1. The van der Waals surface area contributed by atoms with Crippen molar-refractivity contribution in [3.8, 4) is 5.88 Å². The van der Waals surface area contributed by atoms with Crippen molar-refractivity contribution in [3.05, 3.63) is 23.0 Å². The quantitative estimate of drug-likeness (QED) is 0.707. The molecule has 2 aromatic rings. The highest BCUT2D eigenvalue weighted by Crippen LogP contribution is 2.40. The summed E-state index contributed by atoms with van der Waals surface area (Å²) in [6.07, 6.45) is 4.81. The third kappa shape index (κ3) is 4.25. The normalized spacial score (nSPS) is 16.3. The first-order chi connectivity index (χ1) is 13.2. The summed E-state index contributed by atoms with van der Waals surface area (Å²) in [5.41, 5.74) is 4.34. The molecule has 0 aromatic carbocycles. The van der Waals surface area contributed by atoms with Crippen LogP contribution in [0.15, 0.2) is 6.20 Å². The van der Waals surface area contributed by atoms with Gasteiger partial charge < -0.3 is 23.9 Å². The second-order valence-corrected chi connectivity index (χ2v) is 6.62. The van der Waals surface area contributed by atoms with Crippen molar-refractivity contribution >= 4 is 17.1 Å². The highest BCUT2D eigenvalue weighted by Gasteiger charge is 2.28. The molecule has 0 spiro atoms. The predicted molar refractivity (Wildman–Crippen MR) is 101 cm³/mol. The average molecular weight is 376 g/mol. The van der Waals surface area contributed by atoms with Crippen LogP contribution in [-0.2, 0) is 27.1 Å². The molecule has 1 N–H and O–H groups in total. The molecule has 2 aromatic heterocycles. The smallest absolute Gasteiger partial charge is 0.434 e. The van der Waals surface area contributed by atoms with Crippen LogP contribution in [0.25, 0.3) is 10.9 Å². The van der Waals surface area contributed by atoms with Gasteiger partial charge in [-0.1, -0.05) is 0 Å². The van der Waals surface area contributed by atoms with Crippen molar-refractivity contribution in [2.24, 2.45) is 0 Å². The Hall–Kier alpha value is -2.12. The minimum absolute atomic E-state index is 0.254. The first-order valence-corrected chi connectivity index (χ1v) is 9.63. The summed E-state index contributed by atoms with van der Waals surface area (Å²) in [6, 6.07) is 0. The molecule has 0 bridgehead atoms. The fraction of sp³-hybridized carbons (Fsp3) is 0.600. The lowest BCUT2D eigenvalue weighted by Crippen LogP contribution is -2.16. The number of hydrogen-bond acceptors (Lipinski definition) is 6. The van der Waals surface area contributed by atoms with Crippen molar-refractivity contribution in [1.82, 2.24) is 9.97 Å². The van der Waals surface area contributed by atoms with Crippen LogP contribution in [0.1, 0.15) is 49.4 Å². The van der Waals surface area contributed by atoms with Crippen molar-refractivity contribution in [1.29, 1.82) is 0 Å². The zero-order valence-corrected chi connectivity index (χ0v) is 16.3. The maximum atomic E-state index is 11.9. The number of carbonyl (C=O) groups is 1. The fourth-order valence-corrected chi connectivity index (χ4v) is 3.81. The van der Waals surface area contributed by atoms with Crippen LogP contribution in [0, 0.1) is 0 Å². The van der Waals surface area contributed by atoms with E-state index in [0.717, 1.165) is 35.7 Å². The summed E-state index contributed by atoms with van der Waals surface area (Å²) in [7, 11) is 1.66. The van der Waals surface area contributed by atoms with E-state index in [1.54, 1.807) is 20.2 Å². The molecule has 7 nitrogen and oxygen atoms in total. The molecule has 1 unspecified atom stereocenters. The highest BCUT2D eigenvalue weighted by molar-refractivity contribution is 5.90. The van der Waals surface area contributed by atoms with Crippen molar-refractivity contribution < 1.29 is 23.7 Å². The van der Waals surface area contributed by atoms with E-state index in [1.165, 1.54) is 11.3 Å². The molecule has 0 aliphatic heterocycles. The van der Waals surface area contributed by atoms with Gasteiger partial charge in [-0.15, -0.1) is 0 Å². The van der Waals surface area contributed by atoms with Crippen LogP contribution in [0.2, 0.25) is 0 Å². The number of nitrogens with one attached hydrogen (secondary N) is 1. The number of aromatic amines is 1. The molecule has 27 heavy (non-hydrogen) atoms. The summed E-state index contributed by atoms with van der Waals surface area (Å²) in [4.78, 5) is 19.7. The molecule has 7 heteroatoms. The Morgan fingerprint density at radius 1 is 1.33 bits per heavy atom. The van der Waals surface area contributed by atoms with E-state index < -0.39 is 6.16 Å². The standard InChI is InChI=1S/C20H28N2O5/c1-4-25-12-13-7-6-8-15-17(13)18-14(9-10-24-3)19(21-11-16(18)22-15)27-20(23)26-5-2/h11,13,22H,4-10,12H2,1-3H3. The van der Waals surface area contributed by atoms with Gasteiger partial charge in [0.1, 0.15) is 0 Å². The summed E-state index contributed by atoms with van der Waals surface area (Å²) in [5.74, 6) is 0.613. The SMILES string of the molecule is CCOCC1CCCc2[nH]c3cnc(OC(=O)OCC)c(CCOC)c3c21. The molecule has 1 aliphatic carbocycles. The Labute approximate surface area is 159 Å². The van der Waals surface area contributed by atoms with Crippen molar-refractivity contribution in [2.75, 3.05) is 33.5 Å². The number of fused-ring (bicyclic) bond motifs is 3. The van der Waals surface area contributed by atoms with Gasteiger partial charge in [0, 0.05) is 42.7 Å². The highest BCUT2D eigenvalue weighted by atomic mass is 16.7. The lowest BCUT2D eigenvalue weighted by atomic mass is 9.84. The molecular formula is C20H28N2O5. The number of aryl methyl sites for hydroxylation is 1. The zero-order valence-electron chi connectivity index (χ0n) is 16.3. The number of methoxy groups -OCH3 is 1. The van der Waals surface area contributed by atoms with E-state index in [-0.39, 0.29) is 6.61 Å². The molecule has 3 rings (SSSR count). The van der Waals surface area contributed by atoms with Crippen LogP contribution in [0.5, 0.6) is 5.88 Å². The van der Waals surface area contributed by atoms with E-state index in [0.29, 0.717) is 38.0 Å². The second kappa shape index (κ2) is 9.19. The van der Waals surface area contributed by atoms with Crippen LogP contribution in [0.3, 0.4) is 0 Å². The molecule has 0 saturated heterocycles. The number of nitrogens with zero attached hydrogens (tertiary/aromatic N) is 1. The molecule has 0 fully saturated rings. The minimum Gasteiger partial charge on any atom is -0.434 e. The number of aromatic nitrogens is 2. The Bertz CT molecular complexity index is 786. The summed E-state index contributed by atoms with van der Waals surface area (Å²) in [5, 5.41) is 1.08. The summed E-state index contributed by atoms with van der Waals surface area (Å²) in [6.45, 7) is 5.91. The van der Waals surface area contributed by atoms with E-state index >= 15 is 0 Å². The van der Waals surface area contributed by atoms with Gasteiger partial charge in [-0.2, -0.15) is 0 Å². The zero-order chi connectivity index (χ0) is 19.2. The van der Waals surface area contributed by atoms with Crippen LogP contribution in [0.4, 0.5) is 4.79 Å². The maximum absolute atomic E-state index is 11.9. The first kappa shape index (κ1) is 19.6. The molecule has 0 radical (unpaired) electrons. The van der Waals surface area contributed by atoms with Crippen molar-refractivity contribution in [2.45, 2.75) is 45.4 Å². The van der Waals surface area contributed by atoms with E-state index in [4.69, 9.17) is 18.9 Å². The second-order valence-electron chi connectivity index (χ2n) is 6.62. The van der Waals surface area contributed by atoms with Gasteiger partial charge in [0.25, 0.3) is 0 Å². The number of hydrogen-bond donors (Lipinski definition) is 1. The number of pyridine rings is 1. The van der Waals surface area contributed by atoms with E-state index in [9.17, 15) is 4.79 Å². The van der Waals surface area contributed by atoms with Gasteiger partial charge in [0.05, 0.1) is 31.5 Å². The van der Waals surface area contributed by atoms with Crippen molar-refractivity contribution in [3.63, 3.8) is 0 Å². The molecule has 2 heterocycles. The summed E-state index contributed by atoms with van der Waals surface area (Å²) < 4.78 is 21.3. The Balaban J connectivity index is 2.08. The third-order valence-electron chi connectivity index (χ3n) is 4.93. The monoisotopic (exact) mass is 376 g/mol. The first-order valence-electron chi connectivity index (χ1n) is 9.63. The Morgan fingerprint density at radius 3 is 2.93 bits per heavy atom. The molecule has 0 amide bonds. The van der Waals surface area contributed by atoms with Gasteiger partial charge in [-0.25, -0.2) is 9.78 Å². The fourth-order valence-electron chi connectivity index (χ4n) is 3.81. The number of carbonyl (C=O) groups excluding carboxylic acids is 1. The molecule has 148 valence electrons. The molecule has 1 aliphatic rings. The van der Waals surface area contributed by atoms with Gasteiger partial charge >= 0.3 is 6.16 Å². The largest absolute Gasteiger partial charge is 0.515 e. The average Bonchev–Trinajstić information content (AvgIpc) is 3.05. The van der Waals surface area contributed by atoms with Crippen LogP contribution < -0.4 is 4.74 Å². The van der Waals surface area contributed by atoms with Gasteiger partial charge in [-0.3, -0.25) is 0 Å². The lowest BCUT2D eigenvalue weighted by molar-refractivity contribution is 0.102. The maximum Gasteiger partial charge on any atom is 0.515 e. The third-order valence-corrected chi connectivity index (χ3v) is 4.93. The number of rotatable bonds is 8. The Kier molecular flexibility index (Phi) is 6.68. The van der Waals surface area contributed by atoms with Gasteiger partial charge in [-0.05, 0) is 38.7 Å². The Morgan fingerprint density at radius 2 is 2.19 bits per heavy atom.